The molecule has 0 heterocycles. The van der Waals surface area contributed by atoms with Crippen LogP contribution in [0.1, 0.15) is 24.5 Å². The number of hydrogen-bond donors (Lipinski definition) is 0. The summed E-state index contributed by atoms with van der Waals surface area (Å²) in [6.07, 6.45) is 2.26. The molecule has 2 aromatic carbocycles. The molecule has 0 aliphatic carbocycles. The molecule has 0 unspecified atom stereocenters. The third-order valence-corrected chi connectivity index (χ3v) is 3.70. The van der Waals surface area contributed by atoms with Gasteiger partial charge in [-0.2, -0.15) is 0 Å². The summed E-state index contributed by atoms with van der Waals surface area (Å²) < 4.78 is 5.90. The van der Waals surface area contributed by atoms with E-state index in [1.165, 1.54) is 5.56 Å². The predicted octanol–water partition coefficient (Wildman–Crippen LogP) is 5.98. The Morgan fingerprint density at radius 1 is 1.11 bits per heavy atom. The third-order valence-electron chi connectivity index (χ3n) is 2.86. The van der Waals surface area contributed by atoms with E-state index in [0.717, 1.165) is 35.2 Å². The van der Waals surface area contributed by atoms with E-state index in [0.29, 0.717) is 5.02 Å². The van der Waals surface area contributed by atoms with Gasteiger partial charge in [0.25, 0.3) is 0 Å². The van der Waals surface area contributed by atoms with Crippen LogP contribution in [0.2, 0.25) is 5.02 Å². The van der Waals surface area contributed by atoms with Gasteiger partial charge in [0.15, 0.2) is 0 Å². The van der Waals surface area contributed by atoms with Gasteiger partial charge in [-0.15, -0.1) is 0 Å². The fraction of sp³-hybridized carbons (Fsp3) is 0.250. The van der Waals surface area contributed by atoms with Crippen molar-refractivity contribution < 1.29 is 4.74 Å². The van der Waals surface area contributed by atoms with Gasteiger partial charge in [0.05, 0.1) is 0 Å². The molecule has 0 bridgehead atoms. The van der Waals surface area contributed by atoms with E-state index < -0.39 is 0 Å². The first-order valence-electron chi connectivity index (χ1n) is 6.34. The summed E-state index contributed by atoms with van der Waals surface area (Å²) in [6, 6.07) is 13.9. The largest absolute Gasteiger partial charge is 0.457 e. The van der Waals surface area contributed by atoms with Gasteiger partial charge >= 0.3 is 0 Å². The average Bonchev–Trinajstić information content (AvgIpc) is 2.42. The average molecular weight is 340 g/mol. The Morgan fingerprint density at radius 2 is 1.84 bits per heavy atom. The summed E-state index contributed by atoms with van der Waals surface area (Å²) >= 11 is 9.47. The Labute approximate surface area is 127 Å². The van der Waals surface area contributed by atoms with Gasteiger partial charge in [0, 0.05) is 15.9 Å². The van der Waals surface area contributed by atoms with Crippen LogP contribution in [0.3, 0.4) is 0 Å². The summed E-state index contributed by atoms with van der Waals surface area (Å²) in [6.45, 7) is 2.18. The molecule has 0 radical (unpaired) electrons. The molecule has 19 heavy (non-hydrogen) atoms. The lowest BCUT2D eigenvalue weighted by Gasteiger charge is -2.10. The van der Waals surface area contributed by atoms with E-state index in [1.807, 2.05) is 30.3 Å². The van der Waals surface area contributed by atoms with Gasteiger partial charge in [-0.05, 0) is 36.2 Å². The predicted molar refractivity (Wildman–Crippen MR) is 84.6 cm³/mol. The monoisotopic (exact) mass is 338 g/mol. The summed E-state index contributed by atoms with van der Waals surface area (Å²) in [5, 5.41) is 1.43. The molecule has 0 spiro atoms. The van der Waals surface area contributed by atoms with E-state index in [-0.39, 0.29) is 0 Å². The molecular weight excluding hydrogens is 324 g/mol. The molecule has 2 aromatic rings. The Bertz CT molecular complexity index is 537. The maximum absolute atomic E-state index is 6.01. The second-order valence-electron chi connectivity index (χ2n) is 4.38. The quantitative estimate of drug-likeness (QED) is 0.609. The minimum Gasteiger partial charge on any atom is -0.457 e. The zero-order valence-electron chi connectivity index (χ0n) is 10.8. The fourth-order valence-electron chi connectivity index (χ4n) is 1.87. The zero-order valence-corrected chi connectivity index (χ0v) is 13.2. The maximum Gasteiger partial charge on any atom is 0.132 e. The lowest BCUT2D eigenvalue weighted by molar-refractivity contribution is 0.478. The van der Waals surface area contributed by atoms with E-state index in [9.17, 15) is 0 Å². The molecule has 0 fully saturated rings. The lowest BCUT2D eigenvalue weighted by atomic mass is 10.1. The molecule has 0 saturated carbocycles. The Balaban J connectivity index is 2.18. The number of aryl methyl sites for hydroxylation is 1. The first kappa shape index (κ1) is 14.4. The molecule has 100 valence electrons. The highest BCUT2D eigenvalue weighted by Gasteiger charge is 2.05. The molecule has 0 amide bonds. The second kappa shape index (κ2) is 6.97. The number of hydrogen-bond acceptors (Lipinski definition) is 1. The maximum atomic E-state index is 6.01. The molecule has 1 nitrogen and oxygen atoms in total. The molecule has 0 aliphatic heterocycles. The van der Waals surface area contributed by atoms with Gasteiger partial charge in [-0.25, -0.2) is 0 Å². The number of rotatable bonds is 5. The third kappa shape index (κ3) is 3.99. The van der Waals surface area contributed by atoms with Crippen molar-refractivity contribution in [1.29, 1.82) is 0 Å². The van der Waals surface area contributed by atoms with Crippen molar-refractivity contribution in [2.45, 2.75) is 25.1 Å². The van der Waals surface area contributed by atoms with Crippen LogP contribution >= 0.6 is 27.5 Å². The van der Waals surface area contributed by atoms with Gasteiger partial charge in [0.1, 0.15) is 11.5 Å². The number of ether oxygens (including phenoxy) is 1. The van der Waals surface area contributed by atoms with Crippen LogP contribution in [0, 0.1) is 0 Å². The zero-order chi connectivity index (χ0) is 13.7. The molecule has 0 aromatic heterocycles. The smallest absolute Gasteiger partial charge is 0.132 e. The van der Waals surface area contributed by atoms with Crippen LogP contribution in [0.25, 0.3) is 0 Å². The summed E-state index contributed by atoms with van der Waals surface area (Å²) in [5.41, 5.74) is 2.42. The number of halogens is 2. The molecule has 0 aliphatic rings. The van der Waals surface area contributed by atoms with Crippen molar-refractivity contribution in [3.05, 3.63) is 58.6 Å². The Hall–Kier alpha value is -0.990. The molecular formula is C16H16BrClO. The first-order valence-corrected chi connectivity index (χ1v) is 7.84. The molecule has 0 atom stereocenters. The summed E-state index contributed by atoms with van der Waals surface area (Å²) in [5.74, 6) is 1.64. The standard InChI is InChI=1S/C16H16BrClO/c1-2-3-12-4-8-15(9-5-12)19-16-10-14(18)7-6-13(16)11-17/h4-10H,2-3,11H2,1H3. The van der Waals surface area contributed by atoms with Crippen molar-refractivity contribution in [2.75, 3.05) is 0 Å². The molecule has 0 saturated heterocycles. The van der Waals surface area contributed by atoms with Gasteiger partial charge in [-0.3, -0.25) is 0 Å². The Morgan fingerprint density at radius 3 is 2.47 bits per heavy atom. The van der Waals surface area contributed by atoms with Crippen molar-refractivity contribution >= 4 is 27.5 Å². The van der Waals surface area contributed by atoms with Crippen LogP contribution in [0.15, 0.2) is 42.5 Å². The topological polar surface area (TPSA) is 9.23 Å². The van der Waals surface area contributed by atoms with Crippen LogP contribution in [0.4, 0.5) is 0 Å². The van der Waals surface area contributed by atoms with Crippen molar-refractivity contribution in [3.8, 4) is 11.5 Å². The SMILES string of the molecule is CCCc1ccc(Oc2cc(Cl)ccc2CBr)cc1. The van der Waals surface area contributed by atoms with Crippen LogP contribution in [-0.4, -0.2) is 0 Å². The summed E-state index contributed by atoms with van der Waals surface area (Å²) in [4.78, 5) is 0. The van der Waals surface area contributed by atoms with E-state index in [1.54, 1.807) is 0 Å². The minimum atomic E-state index is 0.683. The van der Waals surface area contributed by atoms with Gasteiger partial charge < -0.3 is 4.74 Å². The van der Waals surface area contributed by atoms with Gasteiger partial charge in [-0.1, -0.05) is 59.1 Å². The van der Waals surface area contributed by atoms with Crippen LogP contribution in [0.5, 0.6) is 11.5 Å². The normalized spacial score (nSPS) is 10.5. The Kier molecular flexibility index (Phi) is 5.29. The lowest BCUT2D eigenvalue weighted by Crippen LogP contribution is -1.90. The number of benzene rings is 2. The van der Waals surface area contributed by atoms with Crippen molar-refractivity contribution in [3.63, 3.8) is 0 Å². The van der Waals surface area contributed by atoms with Crippen LogP contribution in [-0.2, 0) is 11.8 Å². The number of alkyl halides is 1. The van der Waals surface area contributed by atoms with Crippen molar-refractivity contribution in [1.82, 2.24) is 0 Å². The van der Waals surface area contributed by atoms with Crippen molar-refractivity contribution in [2.24, 2.45) is 0 Å². The van der Waals surface area contributed by atoms with Crippen LogP contribution < -0.4 is 4.74 Å². The highest BCUT2D eigenvalue weighted by molar-refractivity contribution is 9.08. The molecule has 2 rings (SSSR count). The van der Waals surface area contributed by atoms with E-state index >= 15 is 0 Å². The van der Waals surface area contributed by atoms with Gasteiger partial charge in [0.2, 0.25) is 0 Å². The minimum absolute atomic E-state index is 0.683. The molecule has 0 N–H and O–H groups in total. The fourth-order valence-corrected chi connectivity index (χ4v) is 2.50. The van der Waals surface area contributed by atoms with E-state index in [2.05, 4.69) is 35.0 Å². The molecule has 3 heteroatoms. The second-order valence-corrected chi connectivity index (χ2v) is 5.38. The summed E-state index contributed by atoms with van der Waals surface area (Å²) in [7, 11) is 0. The van der Waals surface area contributed by atoms with E-state index in [4.69, 9.17) is 16.3 Å². The highest BCUT2D eigenvalue weighted by Crippen LogP contribution is 2.30. The first-order chi connectivity index (χ1) is 9.22. The highest BCUT2D eigenvalue weighted by atomic mass is 79.9.